The Morgan fingerprint density at radius 2 is 1.96 bits per heavy atom. The van der Waals surface area contributed by atoms with E-state index in [4.69, 9.17) is 4.74 Å². The normalized spacial score (nSPS) is 14.9. The minimum atomic E-state index is -0.373. The van der Waals surface area contributed by atoms with Crippen LogP contribution in [0.1, 0.15) is 12.5 Å². The van der Waals surface area contributed by atoms with Gasteiger partial charge in [-0.3, -0.25) is 4.98 Å². The van der Waals surface area contributed by atoms with Crippen molar-refractivity contribution in [2.45, 2.75) is 12.3 Å². The molecule has 0 saturated carbocycles. The van der Waals surface area contributed by atoms with Gasteiger partial charge in [0.2, 0.25) is 5.88 Å². The number of hydrogen-bond donors (Lipinski definition) is 1. The number of nitrogens with one attached hydrogen (secondary N) is 1. The van der Waals surface area contributed by atoms with Gasteiger partial charge in [-0.1, -0.05) is 25.1 Å². The van der Waals surface area contributed by atoms with Gasteiger partial charge >= 0.3 is 6.03 Å². The molecule has 1 N–H and O–H groups in total. The van der Waals surface area contributed by atoms with Crippen LogP contribution in [0, 0.1) is 5.82 Å². The molecule has 1 aromatic carbocycles. The van der Waals surface area contributed by atoms with Gasteiger partial charge in [-0.25, -0.2) is 14.2 Å². The number of anilines is 1. The summed E-state index contributed by atoms with van der Waals surface area (Å²) in [4.78, 5) is 22.2. The minimum Gasteiger partial charge on any atom is -0.437 e. The van der Waals surface area contributed by atoms with Crippen LogP contribution < -0.4 is 10.1 Å². The van der Waals surface area contributed by atoms with E-state index in [1.54, 1.807) is 53.7 Å². The summed E-state index contributed by atoms with van der Waals surface area (Å²) in [7, 11) is 0. The quantitative estimate of drug-likeness (QED) is 0.738. The Labute approximate surface area is 162 Å². The molecule has 0 spiro atoms. The van der Waals surface area contributed by atoms with Crippen molar-refractivity contribution < 1.29 is 13.9 Å². The third-order valence-electron chi connectivity index (χ3n) is 4.74. The van der Waals surface area contributed by atoms with Gasteiger partial charge < -0.3 is 15.0 Å². The Morgan fingerprint density at radius 1 is 1.14 bits per heavy atom. The summed E-state index contributed by atoms with van der Waals surface area (Å²) in [6, 6.07) is 13.4. The van der Waals surface area contributed by atoms with Crippen molar-refractivity contribution >= 4 is 11.7 Å². The first-order chi connectivity index (χ1) is 13.5. The molecule has 0 unspecified atom stereocenters. The summed E-state index contributed by atoms with van der Waals surface area (Å²) < 4.78 is 19.6. The van der Waals surface area contributed by atoms with Crippen molar-refractivity contribution in [1.29, 1.82) is 0 Å². The van der Waals surface area contributed by atoms with Gasteiger partial charge in [-0.05, 0) is 29.8 Å². The van der Waals surface area contributed by atoms with E-state index >= 15 is 0 Å². The lowest BCUT2D eigenvalue weighted by molar-refractivity contribution is 0.110. The lowest BCUT2D eigenvalue weighted by Crippen LogP contribution is -2.60. The van der Waals surface area contributed by atoms with Crippen LogP contribution in [0.25, 0.3) is 0 Å². The molecule has 1 fully saturated rings. The lowest BCUT2D eigenvalue weighted by atomic mass is 9.75. The fourth-order valence-electron chi connectivity index (χ4n) is 3.31. The molecule has 1 aliphatic heterocycles. The zero-order valence-electron chi connectivity index (χ0n) is 15.3. The van der Waals surface area contributed by atoms with Gasteiger partial charge in [0.25, 0.3) is 0 Å². The van der Waals surface area contributed by atoms with Crippen molar-refractivity contribution in [1.82, 2.24) is 14.9 Å². The molecule has 2 amide bonds. The summed E-state index contributed by atoms with van der Waals surface area (Å²) in [5, 5.41) is 2.80. The number of aromatic nitrogens is 2. The number of urea groups is 1. The molecule has 3 heterocycles. The molecular formula is C21H19FN4O2. The molecule has 0 bridgehead atoms. The molecule has 1 aliphatic rings. The fourth-order valence-corrected chi connectivity index (χ4v) is 3.31. The first kappa shape index (κ1) is 17.9. The molecule has 2 aromatic heterocycles. The van der Waals surface area contributed by atoms with Crippen molar-refractivity contribution in [2.24, 2.45) is 0 Å². The summed E-state index contributed by atoms with van der Waals surface area (Å²) in [5.41, 5.74) is 0.822. The highest BCUT2D eigenvalue weighted by Gasteiger charge is 2.44. The standard InChI is InChI=1S/C21H19FN4O2/c1-21(17-6-2-3-7-18(17)22)13-26(14-21)20(27)25-15-8-9-19(24-11-15)28-16-5-4-10-23-12-16/h2-12H,13-14H2,1H3,(H,25,27). The van der Waals surface area contributed by atoms with Crippen LogP contribution in [-0.4, -0.2) is 34.0 Å². The summed E-state index contributed by atoms with van der Waals surface area (Å²) in [5.74, 6) is 0.750. The SMILES string of the molecule is CC1(c2ccccc2F)CN(C(=O)Nc2ccc(Oc3cccnc3)nc2)C1. The molecule has 0 radical (unpaired) electrons. The first-order valence-corrected chi connectivity index (χ1v) is 8.88. The van der Waals surface area contributed by atoms with Crippen LogP contribution in [0.2, 0.25) is 0 Å². The summed E-state index contributed by atoms with van der Waals surface area (Å²) >= 11 is 0. The Kier molecular flexibility index (Phi) is 4.65. The number of ether oxygens (including phenoxy) is 1. The maximum absolute atomic E-state index is 14.0. The molecule has 4 rings (SSSR count). The van der Waals surface area contributed by atoms with Crippen molar-refractivity contribution in [3.05, 3.63) is 78.5 Å². The van der Waals surface area contributed by atoms with E-state index in [0.29, 0.717) is 36.0 Å². The van der Waals surface area contributed by atoms with Crippen LogP contribution in [0.4, 0.5) is 14.9 Å². The fraction of sp³-hybridized carbons (Fsp3) is 0.190. The molecule has 142 valence electrons. The number of benzene rings is 1. The van der Waals surface area contributed by atoms with Gasteiger partial charge in [-0.15, -0.1) is 0 Å². The molecule has 1 saturated heterocycles. The zero-order valence-corrected chi connectivity index (χ0v) is 15.3. The second-order valence-corrected chi connectivity index (χ2v) is 7.00. The lowest BCUT2D eigenvalue weighted by Gasteiger charge is -2.48. The predicted molar refractivity (Wildman–Crippen MR) is 103 cm³/mol. The van der Waals surface area contributed by atoms with Crippen molar-refractivity contribution in [2.75, 3.05) is 18.4 Å². The Morgan fingerprint density at radius 3 is 2.64 bits per heavy atom. The van der Waals surface area contributed by atoms with Gasteiger partial charge in [0.15, 0.2) is 0 Å². The molecule has 0 aliphatic carbocycles. The number of rotatable bonds is 4. The van der Waals surface area contributed by atoms with Gasteiger partial charge in [0.1, 0.15) is 11.6 Å². The molecule has 28 heavy (non-hydrogen) atoms. The van der Waals surface area contributed by atoms with Crippen molar-refractivity contribution in [3.63, 3.8) is 0 Å². The second-order valence-electron chi connectivity index (χ2n) is 7.00. The molecule has 6 nitrogen and oxygen atoms in total. The first-order valence-electron chi connectivity index (χ1n) is 8.88. The van der Waals surface area contributed by atoms with Gasteiger partial charge in [0.05, 0.1) is 18.1 Å². The van der Waals surface area contributed by atoms with E-state index in [9.17, 15) is 9.18 Å². The number of carbonyl (C=O) groups excluding carboxylic acids is 1. The highest BCUT2D eigenvalue weighted by atomic mass is 19.1. The number of nitrogens with zero attached hydrogens (tertiary/aromatic N) is 3. The smallest absolute Gasteiger partial charge is 0.321 e. The highest BCUT2D eigenvalue weighted by molar-refractivity contribution is 5.90. The summed E-state index contributed by atoms with van der Waals surface area (Å²) in [6.07, 6.45) is 4.78. The Balaban J connectivity index is 1.34. The highest BCUT2D eigenvalue weighted by Crippen LogP contribution is 2.35. The monoisotopic (exact) mass is 378 g/mol. The van der Waals surface area contributed by atoms with Gasteiger partial charge in [-0.2, -0.15) is 0 Å². The van der Waals surface area contributed by atoms with Crippen LogP contribution in [0.5, 0.6) is 11.6 Å². The minimum absolute atomic E-state index is 0.238. The average Bonchev–Trinajstić information content (AvgIpc) is 2.68. The van der Waals surface area contributed by atoms with Crippen LogP contribution >= 0.6 is 0 Å². The third kappa shape index (κ3) is 3.64. The number of amides is 2. The molecular weight excluding hydrogens is 359 g/mol. The number of likely N-dealkylation sites (tertiary alicyclic amines) is 1. The van der Waals surface area contributed by atoms with Crippen LogP contribution in [0.3, 0.4) is 0 Å². The molecule has 7 heteroatoms. The van der Waals surface area contributed by atoms with E-state index in [1.165, 1.54) is 12.3 Å². The maximum Gasteiger partial charge on any atom is 0.321 e. The number of pyridine rings is 2. The van der Waals surface area contributed by atoms with Crippen LogP contribution in [-0.2, 0) is 5.41 Å². The number of hydrogen-bond acceptors (Lipinski definition) is 4. The topological polar surface area (TPSA) is 67.4 Å². The third-order valence-corrected chi connectivity index (χ3v) is 4.74. The predicted octanol–water partition coefficient (Wildman–Crippen LogP) is 4.21. The molecule has 3 aromatic rings. The largest absolute Gasteiger partial charge is 0.437 e. The van der Waals surface area contributed by atoms with Crippen LogP contribution in [0.15, 0.2) is 67.1 Å². The average molecular weight is 378 g/mol. The maximum atomic E-state index is 14.0. The van der Waals surface area contributed by atoms with E-state index < -0.39 is 0 Å². The number of halogens is 1. The van der Waals surface area contributed by atoms with E-state index in [0.717, 1.165) is 0 Å². The Hall–Kier alpha value is -3.48. The zero-order chi connectivity index (χ0) is 19.6. The molecule has 0 atom stereocenters. The number of carbonyl (C=O) groups is 1. The Bertz CT molecular complexity index is 973. The van der Waals surface area contributed by atoms with E-state index in [1.807, 2.05) is 13.0 Å². The van der Waals surface area contributed by atoms with Crippen molar-refractivity contribution in [3.8, 4) is 11.6 Å². The summed E-state index contributed by atoms with van der Waals surface area (Å²) in [6.45, 7) is 2.87. The van der Waals surface area contributed by atoms with Gasteiger partial charge in [0, 0.05) is 30.8 Å². The second kappa shape index (κ2) is 7.26. The van der Waals surface area contributed by atoms with E-state index in [-0.39, 0.29) is 17.3 Å². The van der Waals surface area contributed by atoms with E-state index in [2.05, 4.69) is 15.3 Å².